The zero-order chi connectivity index (χ0) is 15.0. The van der Waals surface area contributed by atoms with Gasteiger partial charge in [-0.15, -0.1) is 0 Å². The Morgan fingerprint density at radius 1 is 1.45 bits per heavy atom. The van der Waals surface area contributed by atoms with Crippen LogP contribution in [0.4, 0.5) is 5.82 Å². The van der Waals surface area contributed by atoms with Crippen molar-refractivity contribution in [1.29, 1.82) is 0 Å². The third kappa shape index (κ3) is 2.64. The number of pyridine rings is 1. The van der Waals surface area contributed by atoms with E-state index in [4.69, 9.17) is 10.6 Å². The fraction of sp³-hybridized carbons (Fsp3) is 0.583. The summed E-state index contributed by atoms with van der Waals surface area (Å²) in [5.41, 5.74) is 2.12. The molecule has 0 bridgehead atoms. The van der Waals surface area contributed by atoms with Gasteiger partial charge in [-0.3, -0.25) is 0 Å². The van der Waals surface area contributed by atoms with Crippen LogP contribution in [0.15, 0.2) is 23.2 Å². The Morgan fingerprint density at radius 2 is 2.15 bits per heavy atom. The maximum absolute atomic E-state index is 12.3. The molecule has 1 aromatic heterocycles. The van der Waals surface area contributed by atoms with Gasteiger partial charge in [0.05, 0.1) is 6.10 Å². The molecule has 2 atom stereocenters. The lowest BCUT2D eigenvalue weighted by Crippen LogP contribution is -2.61. The minimum absolute atomic E-state index is 0.0668. The number of hydrogen-bond acceptors (Lipinski definition) is 6. The molecule has 1 aliphatic rings. The van der Waals surface area contributed by atoms with Gasteiger partial charge < -0.3 is 10.2 Å². The zero-order valence-corrected chi connectivity index (χ0v) is 12.6. The van der Waals surface area contributed by atoms with Crippen LogP contribution in [0.3, 0.4) is 0 Å². The van der Waals surface area contributed by atoms with Crippen molar-refractivity contribution in [2.24, 2.45) is 11.3 Å². The minimum atomic E-state index is -3.58. The fourth-order valence-electron chi connectivity index (χ4n) is 2.37. The molecule has 1 fully saturated rings. The van der Waals surface area contributed by atoms with Crippen molar-refractivity contribution < 1.29 is 13.2 Å². The summed E-state index contributed by atoms with van der Waals surface area (Å²) in [6.45, 7) is 3.97. The van der Waals surface area contributed by atoms with E-state index >= 15 is 0 Å². The molecule has 1 saturated carbocycles. The molecule has 0 amide bonds. The Labute approximate surface area is 118 Å². The van der Waals surface area contributed by atoms with E-state index in [1.54, 1.807) is 7.11 Å². The molecule has 0 aliphatic heterocycles. The first-order valence-electron chi connectivity index (χ1n) is 6.29. The lowest BCUT2D eigenvalue weighted by atomic mass is 9.65. The number of aromatic nitrogens is 1. The van der Waals surface area contributed by atoms with Gasteiger partial charge in [-0.1, -0.05) is 13.8 Å². The fourth-order valence-corrected chi connectivity index (χ4v) is 3.71. The van der Waals surface area contributed by atoms with Gasteiger partial charge in [0.2, 0.25) is 10.0 Å². The van der Waals surface area contributed by atoms with Crippen molar-refractivity contribution in [2.45, 2.75) is 37.3 Å². The number of nitrogens with two attached hydrogens (primary N) is 1. The lowest BCUT2D eigenvalue weighted by molar-refractivity contribution is -0.0908. The average Bonchev–Trinajstić information content (AvgIpc) is 2.43. The molecule has 0 spiro atoms. The van der Waals surface area contributed by atoms with Crippen LogP contribution in [-0.4, -0.2) is 32.7 Å². The smallest absolute Gasteiger partial charge is 0.242 e. The van der Waals surface area contributed by atoms with Crippen molar-refractivity contribution in [3.05, 3.63) is 18.3 Å². The Kier molecular flexibility index (Phi) is 4.01. The first-order valence-corrected chi connectivity index (χ1v) is 7.77. The number of rotatable bonds is 5. The first kappa shape index (κ1) is 15.2. The summed E-state index contributed by atoms with van der Waals surface area (Å²) in [4.78, 5) is 4.02. The molecular formula is C12H20N4O3S. The second kappa shape index (κ2) is 5.28. The number of ether oxygens (including phenoxy) is 1. The van der Waals surface area contributed by atoms with Crippen LogP contribution in [-0.2, 0) is 14.8 Å². The van der Waals surface area contributed by atoms with Crippen LogP contribution in [0.1, 0.15) is 20.3 Å². The zero-order valence-electron chi connectivity index (χ0n) is 11.8. The van der Waals surface area contributed by atoms with E-state index in [2.05, 4.69) is 15.1 Å². The molecule has 4 N–H and O–H groups in total. The third-order valence-corrected chi connectivity index (χ3v) is 5.41. The SMILES string of the molecule is COC1CC(NS(=O)(=O)c2ccc(NN)nc2)C1(C)C. The predicted molar refractivity (Wildman–Crippen MR) is 75.4 cm³/mol. The molecule has 112 valence electrons. The Morgan fingerprint density at radius 3 is 2.60 bits per heavy atom. The normalized spacial score (nSPS) is 25.0. The standard InChI is InChI=1S/C12H20N4O3S/c1-12(2)9(6-10(12)19-3)16-20(17,18)8-4-5-11(15-13)14-7-8/h4-5,7,9-10,16H,6,13H2,1-3H3,(H,14,15). The highest BCUT2D eigenvalue weighted by atomic mass is 32.2. The second-order valence-corrected chi connectivity index (χ2v) is 7.19. The molecule has 0 radical (unpaired) electrons. The molecule has 2 rings (SSSR count). The highest BCUT2D eigenvalue weighted by molar-refractivity contribution is 7.89. The van der Waals surface area contributed by atoms with E-state index in [1.807, 2.05) is 13.8 Å². The monoisotopic (exact) mass is 300 g/mol. The summed E-state index contributed by atoms with van der Waals surface area (Å²) in [6, 6.07) is 2.83. The quantitative estimate of drug-likeness (QED) is 0.539. The summed E-state index contributed by atoms with van der Waals surface area (Å²) < 4.78 is 32.6. The molecule has 0 saturated heterocycles. The van der Waals surface area contributed by atoms with Gasteiger partial charge in [-0.2, -0.15) is 0 Å². The number of anilines is 1. The van der Waals surface area contributed by atoms with Gasteiger partial charge in [0, 0.05) is 24.8 Å². The average molecular weight is 300 g/mol. The number of nitrogens with one attached hydrogen (secondary N) is 2. The van der Waals surface area contributed by atoms with Crippen LogP contribution in [0.2, 0.25) is 0 Å². The summed E-state index contributed by atoms with van der Waals surface area (Å²) in [5.74, 6) is 5.60. The first-order chi connectivity index (χ1) is 9.31. The van der Waals surface area contributed by atoms with Gasteiger partial charge >= 0.3 is 0 Å². The van der Waals surface area contributed by atoms with Crippen LogP contribution in [0.5, 0.6) is 0 Å². The second-order valence-electron chi connectivity index (χ2n) is 5.48. The molecule has 1 aromatic rings. The van der Waals surface area contributed by atoms with E-state index in [0.29, 0.717) is 12.2 Å². The Hall–Kier alpha value is -1.22. The number of nitrogen functional groups attached to an aromatic ring is 1. The highest BCUT2D eigenvalue weighted by Crippen LogP contribution is 2.42. The van der Waals surface area contributed by atoms with Crippen LogP contribution in [0.25, 0.3) is 0 Å². The van der Waals surface area contributed by atoms with Crippen molar-refractivity contribution in [3.63, 3.8) is 0 Å². The van der Waals surface area contributed by atoms with E-state index in [9.17, 15) is 8.42 Å². The molecule has 1 heterocycles. The van der Waals surface area contributed by atoms with Crippen LogP contribution < -0.4 is 16.0 Å². The number of nitrogens with zero attached hydrogens (tertiary/aromatic N) is 1. The van der Waals surface area contributed by atoms with Gasteiger partial charge in [-0.25, -0.2) is 24.0 Å². The van der Waals surface area contributed by atoms with Crippen molar-refractivity contribution in [3.8, 4) is 0 Å². The van der Waals surface area contributed by atoms with Gasteiger partial charge in [-0.05, 0) is 18.6 Å². The number of sulfonamides is 1. The van der Waals surface area contributed by atoms with Crippen LogP contribution >= 0.6 is 0 Å². The van der Waals surface area contributed by atoms with Gasteiger partial charge in [0.1, 0.15) is 10.7 Å². The van der Waals surface area contributed by atoms with Crippen molar-refractivity contribution >= 4 is 15.8 Å². The number of methoxy groups -OCH3 is 1. The van der Waals surface area contributed by atoms with Gasteiger partial charge in [0.15, 0.2) is 0 Å². The largest absolute Gasteiger partial charge is 0.381 e. The summed E-state index contributed by atoms with van der Waals surface area (Å²) >= 11 is 0. The molecule has 8 heteroatoms. The summed E-state index contributed by atoms with van der Waals surface area (Å²) in [5, 5.41) is 0. The molecule has 7 nitrogen and oxygen atoms in total. The van der Waals surface area contributed by atoms with Gasteiger partial charge in [0.25, 0.3) is 0 Å². The topological polar surface area (TPSA) is 106 Å². The molecule has 20 heavy (non-hydrogen) atoms. The van der Waals surface area contributed by atoms with Crippen molar-refractivity contribution in [2.75, 3.05) is 12.5 Å². The number of hydrogen-bond donors (Lipinski definition) is 3. The van der Waals surface area contributed by atoms with Crippen LogP contribution in [0, 0.1) is 5.41 Å². The van der Waals surface area contributed by atoms with Crippen molar-refractivity contribution in [1.82, 2.24) is 9.71 Å². The number of hydrazine groups is 1. The molecule has 1 aliphatic carbocycles. The van der Waals surface area contributed by atoms with E-state index < -0.39 is 10.0 Å². The van der Waals surface area contributed by atoms with E-state index in [-0.39, 0.29) is 22.5 Å². The van der Waals surface area contributed by atoms with E-state index in [1.165, 1.54) is 18.3 Å². The summed E-state index contributed by atoms with van der Waals surface area (Å²) in [6.07, 6.45) is 2.01. The highest BCUT2D eigenvalue weighted by Gasteiger charge is 2.50. The Balaban J connectivity index is 2.12. The van der Waals surface area contributed by atoms with E-state index in [0.717, 1.165) is 0 Å². The maximum atomic E-state index is 12.3. The predicted octanol–water partition coefficient (Wildman–Crippen LogP) is 0.459. The third-order valence-electron chi connectivity index (χ3n) is 3.95. The summed E-state index contributed by atoms with van der Waals surface area (Å²) in [7, 11) is -1.95. The Bertz CT molecular complexity index is 571. The lowest BCUT2D eigenvalue weighted by Gasteiger charge is -2.50. The maximum Gasteiger partial charge on any atom is 0.242 e. The molecule has 0 aromatic carbocycles. The molecular weight excluding hydrogens is 280 g/mol. The minimum Gasteiger partial charge on any atom is -0.381 e. The molecule has 2 unspecified atom stereocenters.